The van der Waals surface area contributed by atoms with Gasteiger partial charge in [0.25, 0.3) is 0 Å². The highest BCUT2D eigenvalue weighted by Gasteiger charge is 2.39. The fourth-order valence-corrected chi connectivity index (χ4v) is 2.07. The van der Waals surface area contributed by atoms with Crippen LogP contribution < -0.4 is 5.32 Å². The van der Waals surface area contributed by atoms with Crippen LogP contribution in [0.2, 0.25) is 0 Å². The summed E-state index contributed by atoms with van der Waals surface area (Å²) in [7, 11) is 1.51. The van der Waals surface area contributed by atoms with Crippen LogP contribution in [0.1, 0.15) is 33.6 Å². The molecule has 0 heterocycles. The van der Waals surface area contributed by atoms with Crippen molar-refractivity contribution in [1.82, 2.24) is 5.32 Å². The first-order valence-corrected chi connectivity index (χ1v) is 5.98. The number of hydrogen-bond acceptors (Lipinski definition) is 4. The maximum Gasteiger partial charge on any atom is 0.407 e. The third kappa shape index (κ3) is 4.18. The van der Waals surface area contributed by atoms with Crippen molar-refractivity contribution in [3.05, 3.63) is 0 Å². The number of rotatable bonds is 3. The van der Waals surface area contributed by atoms with E-state index in [0.29, 0.717) is 12.8 Å². The van der Waals surface area contributed by atoms with E-state index in [9.17, 15) is 9.59 Å². The molecule has 0 aromatic rings. The van der Waals surface area contributed by atoms with Gasteiger partial charge in [0, 0.05) is 7.11 Å². The Kier molecular flexibility index (Phi) is 4.56. The van der Waals surface area contributed by atoms with E-state index in [1.807, 2.05) is 0 Å². The van der Waals surface area contributed by atoms with Crippen molar-refractivity contribution >= 4 is 12.1 Å². The monoisotopic (exact) mass is 259 g/mol. The van der Waals surface area contributed by atoms with Crippen LogP contribution in [0.15, 0.2) is 0 Å². The van der Waals surface area contributed by atoms with Gasteiger partial charge in [-0.3, -0.25) is 4.79 Å². The van der Waals surface area contributed by atoms with Crippen LogP contribution in [-0.2, 0) is 14.3 Å². The lowest BCUT2D eigenvalue weighted by molar-refractivity contribution is -0.141. The minimum atomic E-state index is -0.856. The van der Waals surface area contributed by atoms with E-state index in [-0.39, 0.29) is 12.1 Å². The van der Waals surface area contributed by atoms with Gasteiger partial charge in [-0.2, -0.15) is 0 Å². The summed E-state index contributed by atoms with van der Waals surface area (Å²) in [6.45, 7) is 5.32. The lowest BCUT2D eigenvalue weighted by Gasteiger charge is -2.24. The van der Waals surface area contributed by atoms with Crippen molar-refractivity contribution in [2.24, 2.45) is 5.92 Å². The predicted molar refractivity (Wildman–Crippen MR) is 64.3 cm³/mol. The lowest BCUT2D eigenvalue weighted by atomic mass is 10.1. The Labute approximate surface area is 107 Å². The molecule has 6 heteroatoms. The molecule has 1 amide bonds. The molecule has 104 valence electrons. The Morgan fingerprint density at radius 1 is 1.28 bits per heavy atom. The summed E-state index contributed by atoms with van der Waals surface area (Å²) in [5.74, 6) is -1.33. The van der Waals surface area contributed by atoms with Crippen LogP contribution in [0.25, 0.3) is 0 Å². The summed E-state index contributed by atoms with van der Waals surface area (Å²) >= 11 is 0. The fourth-order valence-electron chi connectivity index (χ4n) is 2.07. The number of aliphatic carboxylic acids is 1. The summed E-state index contributed by atoms with van der Waals surface area (Å²) < 4.78 is 10.3. The number of amides is 1. The van der Waals surface area contributed by atoms with E-state index < -0.39 is 23.6 Å². The molecule has 0 bridgehead atoms. The Hall–Kier alpha value is -1.30. The van der Waals surface area contributed by atoms with Gasteiger partial charge < -0.3 is 19.9 Å². The van der Waals surface area contributed by atoms with Gasteiger partial charge in [-0.05, 0) is 33.6 Å². The Balaban J connectivity index is 2.55. The van der Waals surface area contributed by atoms with Gasteiger partial charge in [-0.1, -0.05) is 0 Å². The van der Waals surface area contributed by atoms with Gasteiger partial charge in [0.1, 0.15) is 5.60 Å². The van der Waals surface area contributed by atoms with Crippen molar-refractivity contribution in [1.29, 1.82) is 0 Å². The largest absolute Gasteiger partial charge is 0.481 e. The first kappa shape index (κ1) is 14.8. The van der Waals surface area contributed by atoms with Crippen LogP contribution in [0.4, 0.5) is 4.79 Å². The number of methoxy groups -OCH3 is 1. The van der Waals surface area contributed by atoms with E-state index in [2.05, 4.69) is 5.32 Å². The molecule has 0 spiro atoms. The molecule has 0 aromatic carbocycles. The zero-order chi connectivity index (χ0) is 13.9. The van der Waals surface area contributed by atoms with Crippen LogP contribution in [0.3, 0.4) is 0 Å². The molecule has 1 fully saturated rings. The normalized spacial score (nSPS) is 27.9. The summed E-state index contributed by atoms with van der Waals surface area (Å²) in [6, 6.07) is -0.314. The number of ether oxygens (including phenoxy) is 2. The first-order chi connectivity index (χ1) is 8.23. The molecule has 1 aliphatic carbocycles. The minimum Gasteiger partial charge on any atom is -0.481 e. The molecule has 18 heavy (non-hydrogen) atoms. The Bertz CT molecular complexity index is 323. The van der Waals surface area contributed by atoms with Crippen molar-refractivity contribution < 1.29 is 24.2 Å². The topological polar surface area (TPSA) is 84.9 Å². The molecule has 1 saturated carbocycles. The molecule has 0 aliphatic heterocycles. The van der Waals surface area contributed by atoms with Crippen molar-refractivity contribution in [3.63, 3.8) is 0 Å². The summed E-state index contributed by atoms with van der Waals surface area (Å²) in [5.41, 5.74) is -0.572. The van der Waals surface area contributed by atoms with Crippen molar-refractivity contribution in [2.45, 2.75) is 51.4 Å². The average molecular weight is 259 g/mol. The van der Waals surface area contributed by atoms with Gasteiger partial charge in [0.2, 0.25) is 0 Å². The third-order valence-corrected chi connectivity index (χ3v) is 2.86. The number of nitrogens with one attached hydrogen (secondary N) is 1. The molecule has 1 rings (SSSR count). The molecule has 3 atom stereocenters. The number of carboxylic acid groups (broad SMARTS) is 1. The number of carbonyl (C=O) groups excluding carboxylic acids is 1. The number of hydrogen-bond donors (Lipinski definition) is 2. The molecule has 1 aliphatic rings. The van der Waals surface area contributed by atoms with Gasteiger partial charge in [-0.25, -0.2) is 4.79 Å². The van der Waals surface area contributed by atoms with Crippen LogP contribution in [0, 0.1) is 5.92 Å². The molecular formula is C12H21NO5. The van der Waals surface area contributed by atoms with E-state index >= 15 is 0 Å². The number of carboxylic acids is 1. The molecule has 0 aromatic heterocycles. The predicted octanol–water partition coefficient (Wildman–Crippen LogP) is 1.39. The quantitative estimate of drug-likeness (QED) is 0.800. The van der Waals surface area contributed by atoms with Gasteiger partial charge >= 0.3 is 12.1 Å². The fraction of sp³-hybridized carbons (Fsp3) is 0.833. The maximum atomic E-state index is 11.6. The molecular weight excluding hydrogens is 238 g/mol. The highest BCUT2D eigenvalue weighted by Crippen LogP contribution is 2.28. The highest BCUT2D eigenvalue weighted by atomic mass is 16.6. The van der Waals surface area contributed by atoms with Gasteiger partial charge in [0.15, 0.2) is 0 Å². The molecule has 3 unspecified atom stereocenters. The van der Waals surface area contributed by atoms with Gasteiger partial charge in [-0.15, -0.1) is 0 Å². The summed E-state index contributed by atoms with van der Waals surface area (Å²) in [6.07, 6.45) is -0.0430. The van der Waals surface area contributed by atoms with E-state index in [1.54, 1.807) is 20.8 Å². The first-order valence-electron chi connectivity index (χ1n) is 5.98. The molecule has 0 saturated heterocycles. The smallest absolute Gasteiger partial charge is 0.407 e. The second kappa shape index (κ2) is 5.56. The molecule has 0 radical (unpaired) electrons. The van der Waals surface area contributed by atoms with Crippen LogP contribution in [-0.4, -0.2) is 42.0 Å². The van der Waals surface area contributed by atoms with E-state index in [4.69, 9.17) is 14.6 Å². The lowest BCUT2D eigenvalue weighted by Crippen LogP contribution is -2.43. The highest BCUT2D eigenvalue weighted by molar-refractivity contribution is 5.72. The second-order valence-corrected chi connectivity index (χ2v) is 5.53. The third-order valence-electron chi connectivity index (χ3n) is 2.86. The Morgan fingerprint density at radius 2 is 1.89 bits per heavy atom. The van der Waals surface area contributed by atoms with Crippen LogP contribution >= 0.6 is 0 Å². The Morgan fingerprint density at radius 3 is 2.33 bits per heavy atom. The minimum absolute atomic E-state index is 0.279. The van der Waals surface area contributed by atoms with Crippen LogP contribution in [0.5, 0.6) is 0 Å². The average Bonchev–Trinajstić information content (AvgIpc) is 2.57. The van der Waals surface area contributed by atoms with Crippen molar-refractivity contribution in [3.8, 4) is 0 Å². The number of alkyl carbamates (subject to hydrolysis) is 1. The molecule has 2 N–H and O–H groups in total. The maximum absolute atomic E-state index is 11.6. The standard InChI is InChI=1S/C12H21NO5/c1-12(2,3)18-11(16)13-8-5-7(10(14)15)6-9(8)17-4/h7-9H,5-6H2,1-4H3,(H,13,16)(H,14,15). The zero-order valence-electron chi connectivity index (χ0n) is 11.2. The number of carbonyl (C=O) groups is 2. The van der Waals surface area contributed by atoms with E-state index in [1.165, 1.54) is 7.11 Å². The second-order valence-electron chi connectivity index (χ2n) is 5.53. The van der Waals surface area contributed by atoms with Crippen molar-refractivity contribution in [2.75, 3.05) is 7.11 Å². The summed E-state index contributed by atoms with van der Waals surface area (Å²) in [4.78, 5) is 22.5. The van der Waals surface area contributed by atoms with Gasteiger partial charge in [0.05, 0.1) is 18.1 Å². The summed E-state index contributed by atoms with van der Waals surface area (Å²) in [5, 5.41) is 11.6. The zero-order valence-corrected chi connectivity index (χ0v) is 11.2. The SMILES string of the molecule is COC1CC(C(=O)O)CC1NC(=O)OC(C)(C)C. The van der Waals surface area contributed by atoms with E-state index in [0.717, 1.165) is 0 Å². The molecule has 6 nitrogen and oxygen atoms in total.